The summed E-state index contributed by atoms with van der Waals surface area (Å²) in [4.78, 5) is 14.3. The lowest BCUT2D eigenvalue weighted by Gasteiger charge is -2.24. The maximum Gasteiger partial charge on any atom is 0.226 e. The summed E-state index contributed by atoms with van der Waals surface area (Å²) < 4.78 is 5.66. The first kappa shape index (κ1) is 15.9. The molecule has 1 atom stereocenters. The maximum atomic E-state index is 12.3. The summed E-state index contributed by atoms with van der Waals surface area (Å²) >= 11 is 4.97. The Balaban J connectivity index is 1.92. The van der Waals surface area contributed by atoms with Gasteiger partial charge in [-0.15, -0.1) is 0 Å². The molecule has 0 saturated carbocycles. The Morgan fingerprint density at radius 1 is 1.48 bits per heavy atom. The number of hydrogen-bond donors (Lipinski definition) is 1. The van der Waals surface area contributed by atoms with Crippen LogP contribution in [0.25, 0.3) is 0 Å². The van der Waals surface area contributed by atoms with Crippen LogP contribution in [0.15, 0.2) is 24.3 Å². The zero-order valence-electron chi connectivity index (χ0n) is 12.4. The molecule has 1 amide bonds. The number of benzene rings is 1. The van der Waals surface area contributed by atoms with E-state index in [0.29, 0.717) is 11.4 Å². The molecule has 1 aromatic rings. The van der Waals surface area contributed by atoms with Crippen molar-refractivity contribution in [2.45, 2.75) is 38.2 Å². The minimum absolute atomic E-state index is 0.0873. The van der Waals surface area contributed by atoms with E-state index >= 15 is 0 Å². The molecule has 5 heteroatoms. The summed E-state index contributed by atoms with van der Waals surface area (Å²) in [6.45, 7) is 0.824. The largest absolute Gasteiger partial charge is 0.389 e. The van der Waals surface area contributed by atoms with Gasteiger partial charge < -0.3 is 15.4 Å². The van der Waals surface area contributed by atoms with Crippen LogP contribution in [0.3, 0.4) is 0 Å². The molecule has 1 heterocycles. The van der Waals surface area contributed by atoms with Crippen molar-refractivity contribution in [1.29, 1.82) is 0 Å². The summed E-state index contributed by atoms with van der Waals surface area (Å²) in [5.74, 6) is 0.0873. The Bertz CT molecular complexity index is 513. The number of carbonyl (C=O) groups is 1. The molecule has 0 bridgehead atoms. The van der Waals surface area contributed by atoms with E-state index in [9.17, 15) is 4.79 Å². The van der Waals surface area contributed by atoms with Gasteiger partial charge in [-0.2, -0.15) is 0 Å². The average Bonchev–Trinajstić information content (AvgIpc) is 2.53. The second kappa shape index (κ2) is 7.52. The molecule has 1 unspecified atom stereocenters. The summed E-state index contributed by atoms with van der Waals surface area (Å²) in [6.07, 6.45) is 4.92. The molecule has 0 spiro atoms. The van der Waals surface area contributed by atoms with Gasteiger partial charge in [-0.3, -0.25) is 4.79 Å². The van der Waals surface area contributed by atoms with Gasteiger partial charge in [0.1, 0.15) is 4.99 Å². The Kier molecular flexibility index (Phi) is 5.70. The fourth-order valence-electron chi connectivity index (χ4n) is 2.50. The molecule has 0 aliphatic carbocycles. The van der Waals surface area contributed by atoms with Crippen LogP contribution in [0.1, 0.15) is 37.7 Å². The number of ether oxygens (including phenoxy) is 1. The third kappa shape index (κ3) is 4.51. The molecule has 2 rings (SSSR count). The van der Waals surface area contributed by atoms with Gasteiger partial charge in [0.05, 0.1) is 6.10 Å². The van der Waals surface area contributed by atoms with Crippen LogP contribution >= 0.6 is 12.2 Å². The molecule has 1 aliphatic rings. The highest BCUT2D eigenvalue weighted by Gasteiger charge is 2.17. The molecule has 114 valence electrons. The van der Waals surface area contributed by atoms with E-state index in [1.807, 2.05) is 24.3 Å². The third-order valence-corrected chi connectivity index (χ3v) is 4.08. The second-order valence-corrected chi connectivity index (χ2v) is 5.83. The number of hydrogen-bond acceptors (Lipinski definition) is 3. The summed E-state index contributed by atoms with van der Waals surface area (Å²) in [6, 6.07) is 7.44. The van der Waals surface area contributed by atoms with E-state index < -0.39 is 0 Å². The lowest BCUT2D eigenvalue weighted by molar-refractivity contribution is -0.119. The number of anilines is 1. The Morgan fingerprint density at radius 3 is 2.95 bits per heavy atom. The fourth-order valence-corrected chi connectivity index (χ4v) is 2.63. The van der Waals surface area contributed by atoms with Gasteiger partial charge in [0.2, 0.25) is 5.91 Å². The molecule has 0 radical (unpaired) electrons. The molecular weight excluding hydrogens is 284 g/mol. The maximum absolute atomic E-state index is 12.3. The SMILES string of the molecule is CN(C(=O)CCC1CCCCO1)c1cccc(C(N)=S)c1. The van der Waals surface area contributed by atoms with Crippen LogP contribution in [0.2, 0.25) is 0 Å². The van der Waals surface area contributed by atoms with Crippen molar-refractivity contribution in [1.82, 2.24) is 0 Å². The second-order valence-electron chi connectivity index (χ2n) is 5.39. The van der Waals surface area contributed by atoms with E-state index in [0.717, 1.165) is 37.1 Å². The lowest BCUT2D eigenvalue weighted by Crippen LogP contribution is -2.28. The molecule has 1 aliphatic heterocycles. The van der Waals surface area contributed by atoms with Crippen LogP contribution < -0.4 is 10.6 Å². The number of amides is 1. The normalized spacial score (nSPS) is 18.2. The highest BCUT2D eigenvalue weighted by molar-refractivity contribution is 7.80. The van der Waals surface area contributed by atoms with Crippen molar-refractivity contribution in [3.63, 3.8) is 0 Å². The van der Waals surface area contributed by atoms with Crippen molar-refractivity contribution in [2.24, 2.45) is 5.73 Å². The molecule has 21 heavy (non-hydrogen) atoms. The van der Waals surface area contributed by atoms with Gasteiger partial charge in [0.25, 0.3) is 0 Å². The van der Waals surface area contributed by atoms with Crippen LogP contribution in [0.5, 0.6) is 0 Å². The minimum Gasteiger partial charge on any atom is -0.389 e. The van der Waals surface area contributed by atoms with E-state index in [4.69, 9.17) is 22.7 Å². The lowest BCUT2D eigenvalue weighted by atomic mass is 10.0. The predicted octanol–water partition coefficient (Wildman–Crippen LogP) is 2.63. The molecular formula is C16H22N2O2S. The number of rotatable bonds is 5. The highest BCUT2D eigenvalue weighted by atomic mass is 32.1. The quantitative estimate of drug-likeness (QED) is 0.850. The molecule has 0 aromatic heterocycles. The Hall–Kier alpha value is -1.46. The number of thiocarbonyl (C=S) groups is 1. The van der Waals surface area contributed by atoms with Crippen molar-refractivity contribution in [3.8, 4) is 0 Å². The fraction of sp³-hybridized carbons (Fsp3) is 0.500. The first-order chi connectivity index (χ1) is 10.1. The molecule has 1 aromatic carbocycles. The van der Waals surface area contributed by atoms with Crippen LogP contribution in [-0.4, -0.2) is 30.7 Å². The number of nitrogens with zero attached hydrogens (tertiary/aromatic N) is 1. The van der Waals surface area contributed by atoms with Crippen molar-refractivity contribution in [3.05, 3.63) is 29.8 Å². The zero-order valence-corrected chi connectivity index (χ0v) is 13.2. The summed E-state index contributed by atoms with van der Waals surface area (Å²) in [5, 5.41) is 0. The number of carbonyl (C=O) groups excluding carboxylic acids is 1. The monoisotopic (exact) mass is 306 g/mol. The summed E-state index contributed by atoms with van der Waals surface area (Å²) in [5.41, 5.74) is 7.22. The van der Waals surface area contributed by atoms with Crippen LogP contribution in [0.4, 0.5) is 5.69 Å². The smallest absolute Gasteiger partial charge is 0.226 e. The standard InChI is InChI=1S/C16H22N2O2S/c1-18(13-6-4-5-12(11-13)16(17)21)15(19)9-8-14-7-2-3-10-20-14/h4-6,11,14H,2-3,7-10H2,1H3,(H2,17,21). The third-order valence-electron chi connectivity index (χ3n) is 3.85. The zero-order chi connectivity index (χ0) is 15.2. The van der Waals surface area contributed by atoms with Crippen LogP contribution in [0, 0.1) is 0 Å². The Morgan fingerprint density at radius 2 is 2.29 bits per heavy atom. The first-order valence-corrected chi connectivity index (χ1v) is 7.77. The van der Waals surface area contributed by atoms with Crippen molar-refractivity contribution >= 4 is 28.8 Å². The van der Waals surface area contributed by atoms with Gasteiger partial charge >= 0.3 is 0 Å². The Labute approximate surface area is 131 Å². The van der Waals surface area contributed by atoms with Crippen LogP contribution in [-0.2, 0) is 9.53 Å². The van der Waals surface area contributed by atoms with Gasteiger partial charge in [0, 0.05) is 31.3 Å². The van der Waals surface area contributed by atoms with E-state index in [-0.39, 0.29) is 12.0 Å². The minimum atomic E-state index is 0.0873. The highest BCUT2D eigenvalue weighted by Crippen LogP contribution is 2.20. The number of nitrogens with two attached hydrogens (primary N) is 1. The van der Waals surface area contributed by atoms with Crippen molar-refractivity contribution < 1.29 is 9.53 Å². The van der Waals surface area contributed by atoms with E-state index in [2.05, 4.69) is 0 Å². The molecule has 1 saturated heterocycles. The summed E-state index contributed by atoms with van der Waals surface area (Å²) in [7, 11) is 1.78. The average molecular weight is 306 g/mol. The molecule has 1 fully saturated rings. The van der Waals surface area contributed by atoms with Gasteiger partial charge in [-0.1, -0.05) is 24.4 Å². The van der Waals surface area contributed by atoms with E-state index in [1.54, 1.807) is 11.9 Å². The van der Waals surface area contributed by atoms with E-state index in [1.165, 1.54) is 6.42 Å². The predicted molar refractivity (Wildman–Crippen MR) is 88.6 cm³/mol. The van der Waals surface area contributed by atoms with Gasteiger partial charge in [-0.05, 0) is 37.8 Å². The van der Waals surface area contributed by atoms with Crippen molar-refractivity contribution in [2.75, 3.05) is 18.6 Å². The van der Waals surface area contributed by atoms with Gasteiger partial charge in [0.15, 0.2) is 0 Å². The molecule has 4 nitrogen and oxygen atoms in total. The topological polar surface area (TPSA) is 55.6 Å². The first-order valence-electron chi connectivity index (χ1n) is 7.36. The van der Waals surface area contributed by atoms with Gasteiger partial charge in [-0.25, -0.2) is 0 Å². The molecule has 2 N–H and O–H groups in total.